The van der Waals surface area contributed by atoms with Crippen LogP contribution < -0.4 is 9.64 Å². The highest BCUT2D eigenvalue weighted by Crippen LogP contribution is 2.39. The van der Waals surface area contributed by atoms with Crippen molar-refractivity contribution in [3.05, 3.63) is 76.5 Å². The van der Waals surface area contributed by atoms with Gasteiger partial charge < -0.3 is 14.5 Å². The summed E-state index contributed by atoms with van der Waals surface area (Å²) in [5.74, 6) is -0.0483. The van der Waals surface area contributed by atoms with E-state index in [2.05, 4.69) is 22.0 Å². The minimum absolute atomic E-state index is 0.123. The van der Waals surface area contributed by atoms with Crippen molar-refractivity contribution in [1.29, 1.82) is 0 Å². The van der Waals surface area contributed by atoms with Gasteiger partial charge in [0.15, 0.2) is 6.61 Å². The number of fused-ring (bicyclic) bond motifs is 1. The molecule has 2 aliphatic heterocycles. The second-order valence-corrected chi connectivity index (χ2v) is 10.2. The maximum absolute atomic E-state index is 13.7. The van der Waals surface area contributed by atoms with Crippen molar-refractivity contribution >= 4 is 40.7 Å². The van der Waals surface area contributed by atoms with Crippen molar-refractivity contribution in [2.75, 3.05) is 44.7 Å². The molecule has 1 saturated heterocycles. The minimum Gasteiger partial charge on any atom is -0.482 e. The van der Waals surface area contributed by atoms with Crippen molar-refractivity contribution in [1.82, 2.24) is 14.8 Å². The Labute approximate surface area is 226 Å². The van der Waals surface area contributed by atoms with E-state index in [4.69, 9.17) is 27.9 Å². The maximum atomic E-state index is 13.7. The summed E-state index contributed by atoms with van der Waals surface area (Å²) >= 11 is 12.4. The maximum Gasteiger partial charge on any atom is 0.265 e. The fourth-order valence-corrected chi connectivity index (χ4v) is 5.22. The number of rotatable bonds is 7. The number of benzene rings is 2. The van der Waals surface area contributed by atoms with Crippen molar-refractivity contribution in [2.24, 2.45) is 0 Å². The van der Waals surface area contributed by atoms with Crippen LogP contribution in [0.25, 0.3) is 11.1 Å². The quantitative estimate of drug-likeness (QED) is 0.419. The van der Waals surface area contributed by atoms with Gasteiger partial charge in [-0.15, -0.1) is 0 Å². The summed E-state index contributed by atoms with van der Waals surface area (Å²) in [6.07, 6.45) is 5.90. The zero-order valence-corrected chi connectivity index (χ0v) is 22.1. The lowest BCUT2D eigenvalue weighted by atomic mass is 9.99. The standard InChI is InChI=1S/C28H28Cl2N4O3/c1-32(27(35)17-34-24-13-22(29)23(30)14-26(24)37-18-28(34)36)25(16-33-10-2-3-11-33)20-7-4-6-19(12-20)21-8-5-9-31-15-21/h4-9,12-15,25H,2-3,10-11,16-18H2,1H3. The third-order valence-electron chi connectivity index (χ3n) is 7.00. The predicted molar refractivity (Wildman–Crippen MR) is 145 cm³/mol. The summed E-state index contributed by atoms with van der Waals surface area (Å²) < 4.78 is 5.53. The second kappa shape index (κ2) is 11.1. The van der Waals surface area contributed by atoms with Crippen LogP contribution in [0.5, 0.6) is 5.75 Å². The Morgan fingerprint density at radius 1 is 1.08 bits per heavy atom. The molecule has 1 atom stereocenters. The van der Waals surface area contributed by atoms with Crippen LogP contribution in [0.3, 0.4) is 0 Å². The molecule has 37 heavy (non-hydrogen) atoms. The zero-order chi connectivity index (χ0) is 25.9. The lowest BCUT2D eigenvalue weighted by molar-refractivity contribution is -0.133. The van der Waals surface area contributed by atoms with Gasteiger partial charge in [-0.1, -0.05) is 47.5 Å². The van der Waals surface area contributed by atoms with E-state index in [1.54, 1.807) is 30.3 Å². The van der Waals surface area contributed by atoms with Gasteiger partial charge in [0.25, 0.3) is 5.91 Å². The number of amides is 2. The molecule has 0 N–H and O–H groups in total. The van der Waals surface area contributed by atoms with Gasteiger partial charge in [0.05, 0.1) is 21.8 Å². The molecule has 9 heteroatoms. The number of ether oxygens (including phenoxy) is 1. The van der Waals surface area contributed by atoms with Crippen molar-refractivity contribution in [2.45, 2.75) is 18.9 Å². The molecule has 5 rings (SSSR count). The highest BCUT2D eigenvalue weighted by molar-refractivity contribution is 6.42. The van der Waals surface area contributed by atoms with Crippen LogP contribution >= 0.6 is 23.2 Å². The number of hydrogen-bond donors (Lipinski definition) is 0. The highest BCUT2D eigenvalue weighted by atomic mass is 35.5. The van der Waals surface area contributed by atoms with Gasteiger partial charge in [-0.3, -0.25) is 19.5 Å². The molecule has 3 heterocycles. The molecule has 1 fully saturated rings. The van der Waals surface area contributed by atoms with Crippen molar-refractivity contribution in [3.63, 3.8) is 0 Å². The molecular formula is C28H28Cl2N4O3. The largest absolute Gasteiger partial charge is 0.482 e. The zero-order valence-electron chi connectivity index (χ0n) is 20.6. The molecule has 0 saturated carbocycles. The van der Waals surface area contributed by atoms with Gasteiger partial charge in [0.1, 0.15) is 12.3 Å². The molecule has 3 aromatic rings. The van der Waals surface area contributed by atoms with Crippen LogP contribution in [-0.4, -0.2) is 66.4 Å². The molecule has 0 bridgehead atoms. The second-order valence-electron chi connectivity index (χ2n) is 9.40. The average Bonchev–Trinajstić information content (AvgIpc) is 3.43. The summed E-state index contributed by atoms with van der Waals surface area (Å²) in [6, 6.07) is 15.1. The first-order valence-electron chi connectivity index (χ1n) is 12.3. The summed E-state index contributed by atoms with van der Waals surface area (Å²) in [7, 11) is 1.81. The summed E-state index contributed by atoms with van der Waals surface area (Å²) in [5, 5.41) is 0.626. The van der Waals surface area contributed by atoms with Crippen LogP contribution in [-0.2, 0) is 9.59 Å². The topological polar surface area (TPSA) is 66.0 Å². The van der Waals surface area contributed by atoms with Crippen LogP contribution in [0.1, 0.15) is 24.4 Å². The van der Waals surface area contributed by atoms with Gasteiger partial charge >= 0.3 is 0 Å². The number of likely N-dealkylation sites (tertiary alicyclic amines) is 1. The van der Waals surface area contributed by atoms with Crippen molar-refractivity contribution < 1.29 is 14.3 Å². The van der Waals surface area contributed by atoms with E-state index in [1.807, 2.05) is 30.5 Å². The molecule has 2 aliphatic rings. The van der Waals surface area contributed by atoms with E-state index in [-0.39, 0.29) is 31.0 Å². The fraction of sp³-hybridized carbons (Fsp3) is 0.321. The number of anilines is 1. The fourth-order valence-electron chi connectivity index (χ4n) is 4.91. The molecule has 0 spiro atoms. The van der Waals surface area contributed by atoms with E-state index in [0.717, 1.165) is 42.6 Å². The predicted octanol–water partition coefficient (Wildman–Crippen LogP) is 5.08. The smallest absolute Gasteiger partial charge is 0.265 e. The van der Waals surface area contributed by atoms with Crippen LogP contribution in [0.15, 0.2) is 60.9 Å². The molecule has 192 valence electrons. The van der Waals surface area contributed by atoms with Crippen LogP contribution in [0, 0.1) is 0 Å². The number of aromatic nitrogens is 1. The first-order chi connectivity index (χ1) is 17.9. The Balaban J connectivity index is 1.42. The summed E-state index contributed by atoms with van der Waals surface area (Å²) in [6.45, 7) is 2.45. The Bertz CT molecular complexity index is 1300. The SMILES string of the molecule is CN(C(=O)CN1C(=O)COc2cc(Cl)c(Cl)cc21)C(CN1CCCC1)c1cccc(-c2cccnc2)c1. The van der Waals surface area contributed by atoms with E-state index >= 15 is 0 Å². The van der Waals surface area contributed by atoms with Gasteiger partial charge in [0, 0.05) is 32.1 Å². The van der Waals surface area contributed by atoms with Crippen molar-refractivity contribution in [3.8, 4) is 16.9 Å². The monoisotopic (exact) mass is 538 g/mol. The van der Waals surface area contributed by atoms with E-state index in [1.165, 1.54) is 4.90 Å². The van der Waals surface area contributed by atoms with Gasteiger partial charge in [0.2, 0.25) is 5.91 Å². The molecular weight excluding hydrogens is 511 g/mol. The molecule has 0 radical (unpaired) electrons. The molecule has 2 amide bonds. The molecule has 7 nitrogen and oxygen atoms in total. The Kier molecular flexibility index (Phi) is 7.65. The normalized spacial score (nSPS) is 16.3. The summed E-state index contributed by atoms with van der Waals surface area (Å²) in [5.41, 5.74) is 3.54. The van der Waals surface area contributed by atoms with Crippen LogP contribution in [0.4, 0.5) is 5.69 Å². The van der Waals surface area contributed by atoms with Gasteiger partial charge in [-0.05, 0) is 60.8 Å². The lowest BCUT2D eigenvalue weighted by Crippen LogP contribution is -2.47. The highest BCUT2D eigenvalue weighted by Gasteiger charge is 2.32. The van der Waals surface area contributed by atoms with E-state index in [9.17, 15) is 9.59 Å². The molecule has 1 aromatic heterocycles. The summed E-state index contributed by atoms with van der Waals surface area (Å²) in [4.78, 5) is 36.3. The minimum atomic E-state index is -0.303. The average molecular weight is 539 g/mol. The number of halogens is 2. The van der Waals surface area contributed by atoms with Crippen LogP contribution in [0.2, 0.25) is 10.0 Å². The Hall–Kier alpha value is -3.13. The number of carbonyl (C=O) groups excluding carboxylic acids is 2. The number of hydrogen-bond acceptors (Lipinski definition) is 5. The first kappa shape index (κ1) is 25.5. The first-order valence-corrected chi connectivity index (χ1v) is 13.1. The molecule has 2 aromatic carbocycles. The number of nitrogens with zero attached hydrogens (tertiary/aromatic N) is 4. The van der Waals surface area contributed by atoms with Gasteiger partial charge in [-0.2, -0.15) is 0 Å². The molecule has 1 unspecified atom stereocenters. The number of pyridine rings is 1. The Morgan fingerprint density at radius 2 is 1.84 bits per heavy atom. The van der Waals surface area contributed by atoms with E-state index < -0.39 is 0 Å². The number of carbonyl (C=O) groups is 2. The van der Waals surface area contributed by atoms with E-state index in [0.29, 0.717) is 28.0 Å². The number of likely N-dealkylation sites (N-methyl/N-ethyl adjacent to an activating group) is 1. The lowest BCUT2D eigenvalue weighted by Gasteiger charge is -2.35. The third kappa shape index (κ3) is 5.59. The molecule has 0 aliphatic carbocycles. The third-order valence-corrected chi connectivity index (χ3v) is 7.72. The van der Waals surface area contributed by atoms with Gasteiger partial charge in [-0.25, -0.2) is 0 Å². The Morgan fingerprint density at radius 3 is 2.59 bits per heavy atom.